The molecule has 2 heterocycles. The highest BCUT2D eigenvalue weighted by Gasteiger charge is 2.30. The van der Waals surface area contributed by atoms with Crippen LogP contribution >= 0.6 is 15.9 Å². The van der Waals surface area contributed by atoms with Crippen LogP contribution in [-0.2, 0) is 10.0 Å². The summed E-state index contributed by atoms with van der Waals surface area (Å²) in [6.45, 7) is 5.62. The largest absolute Gasteiger partial charge is 0.262 e. The number of sulfonamides is 1. The van der Waals surface area contributed by atoms with Gasteiger partial charge in [0.2, 0.25) is 10.0 Å². The minimum Gasteiger partial charge on any atom is -0.262 e. The molecule has 0 unspecified atom stereocenters. The number of pyridine rings is 1. The zero-order valence-corrected chi connectivity index (χ0v) is 13.6. The van der Waals surface area contributed by atoms with Gasteiger partial charge in [-0.3, -0.25) is 4.98 Å². The van der Waals surface area contributed by atoms with Crippen LogP contribution in [0, 0.1) is 11.8 Å². The zero-order valence-electron chi connectivity index (χ0n) is 11.2. The fourth-order valence-corrected chi connectivity index (χ4v) is 4.44. The molecule has 0 spiro atoms. The van der Waals surface area contributed by atoms with Gasteiger partial charge in [0.25, 0.3) is 0 Å². The van der Waals surface area contributed by atoms with Gasteiger partial charge in [-0.15, -0.1) is 0 Å². The average Bonchev–Trinajstić information content (AvgIpc) is 2.39. The van der Waals surface area contributed by atoms with Gasteiger partial charge in [0.15, 0.2) is 0 Å². The van der Waals surface area contributed by atoms with Gasteiger partial charge < -0.3 is 0 Å². The molecular weight excluding hydrogens is 328 g/mol. The van der Waals surface area contributed by atoms with Crippen LogP contribution in [-0.4, -0.2) is 30.8 Å². The molecule has 1 aromatic rings. The van der Waals surface area contributed by atoms with Crippen molar-refractivity contribution in [2.45, 2.75) is 31.6 Å². The first kappa shape index (κ1) is 14.9. The summed E-state index contributed by atoms with van der Waals surface area (Å²) in [7, 11) is -3.39. The van der Waals surface area contributed by atoms with Gasteiger partial charge in [0.05, 0.1) is 0 Å². The van der Waals surface area contributed by atoms with Gasteiger partial charge >= 0.3 is 0 Å². The van der Waals surface area contributed by atoms with E-state index in [0.717, 1.165) is 12.8 Å². The van der Waals surface area contributed by atoms with Crippen LogP contribution in [0.4, 0.5) is 0 Å². The van der Waals surface area contributed by atoms with E-state index in [1.54, 1.807) is 16.6 Å². The number of rotatable bonds is 3. The Kier molecular flexibility index (Phi) is 4.63. The molecule has 106 valence electrons. The number of halogens is 1. The van der Waals surface area contributed by atoms with Crippen molar-refractivity contribution in [1.29, 1.82) is 0 Å². The van der Waals surface area contributed by atoms with Crippen molar-refractivity contribution in [2.24, 2.45) is 11.8 Å². The van der Waals surface area contributed by atoms with Crippen molar-refractivity contribution in [3.63, 3.8) is 0 Å². The zero-order chi connectivity index (χ0) is 14.0. The third-order valence-electron chi connectivity index (χ3n) is 3.76. The summed E-state index contributed by atoms with van der Waals surface area (Å²) in [5.74, 6) is 1.25. The monoisotopic (exact) mass is 346 g/mol. The lowest BCUT2D eigenvalue weighted by Crippen LogP contribution is -2.39. The summed E-state index contributed by atoms with van der Waals surface area (Å²) < 4.78 is 27.2. The Labute approximate surface area is 123 Å². The van der Waals surface area contributed by atoms with Crippen LogP contribution < -0.4 is 0 Å². The van der Waals surface area contributed by atoms with E-state index in [-0.39, 0.29) is 4.90 Å². The summed E-state index contributed by atoms with van der Waals surface area (Å²) >= 11 is 3.26. The molecule has 4 nitrogen and oxygen atoms in total. The predicted molar refractivity (Wildman–Crippen MR) is 78.3 cm³/mol. The predicted octanol–water partition coefficient (Wildman–Crippen LogP) is 2.90. The minimum atomic E-state index is -3.39. The third kappa shape index (κ3) is 3.35. The number of aromatic nitrogens is 1. The van der Waals surface area contributed by atoms with Crippen LogP contribution in [0.1, 0.15) is 26.7 Å². The molecule has 0 aromatic carbocycles. The molecule has 0 atom stereocenters. The number of hydrogen-bond acceptors (Lipinski definition) is 3. The molecule has 1 fully saturated rings. The Balaban J connectivity index is 2.14. The molecule has 0 amide bonds. The standard InChI is InChI=1S/C13H19BrN2O2S/c1-10(2)11-3-5-16(6-4-11)19(17,18)13-7-12(14)8-15-9-13/h7-11H,3-6H2,1-2H3. The second-order valence-electron chi connectivity index (χ2n) is 5.32. The van der Waals surface area contributed by atoms with Gasteiger partial charge in [-0.1, -0.05) is 13.8 Å². The van der Waals surface area contributed by atoms with Gasteiger partial charge in [-0.25, -0.2) is 8.42 Å². The van der Waals surface area contributed by atoms with Crippen molar-refractivity contribution >= 4 is 26.0 Å². The lowest BCUT2D eigenvalue weighted by molar-refractivity contribution is 0.226. The van der Waals surface area contributed by atoms with E-state index >= 15 is 0 Å². The maximum atomic E-state index is 12.5. The van der Waals surface area contributed by atoms with Crippen LogP contribution in [0.3, 0.4) is 0 Å². The molecule has 0 bridgehead atoms. The molecule has 0 N–H and O–H groups in total. The molecule has 0 radical (unpaired) electrons. The maximum Gasteiger partial charge on any atom is 0.244 e. The Morgan fingerprint density at radius 2 is 1.95 bits per heavy atom. The third-order valence-corrected chi connectivity index (χ3v) is 6.06. The first-order chi connectivity index (χ1) is 8.91. The lowest BCUT2D eigenvalue weighted by atomic mass is 9.87. The summed E-state index contributed by atoms with van der Waals surface area (Å²) in [4.78, 5) is 4.20. The van der Waals surface area contributed by atoms with Crippen LogP contribution in [0.25, 0.3) is 0 Å². The Hall–Kier alpha value is -0.460. The second kappa shape index (κ2) is 5.89. The van der Waals surface area contributed by atoms with E-state index in [0.29, 0.717) is 29.4 Å². The molecular formula is C13H19BrN2O2S. The highest BCUT2D eigenvalue weighted by Crippen LogP contribution is 2.28. The van der Waals surface area contributed by atoms with Crippen molar-refractivity contribution < 1.29 is 8.42 Å². The van der Waals surface area contributed by atoms with Gasteiger partial charge in [-0.05, 0) is 46.7 Å². The first-order valence-electron chi connectivity index (χ1n) is 6.52. The molecule has 6 heteroatoms. The van der Waals surface area contributed by atoms with Crippen LogP contribution in [0.2, 0.25) is 0 Å². The van der Waals surface area contributed by atoms with Crippen molar-refractivity contribution in [3.8, 4) is 0 Å². The van der Waals surface area contributed by atoms with E-state index in [1.165, 1.54) is 6.20 Å². The molecule has 1 aromatic heterocycles. The summed E-state index contributed by atoms with van der Waals surface area (Å²) in [6.07, 6.45) is 4.88. The number of piperidine rings is 1. The van der Waals surface area contributed by atoms with Crippen LogP contribution in [0.5, 0.6) is 0 Å². The average molecular weight is 347 g/mol. The van der Waals surface area contributed by atoms with E-state index in [9.17, 15) is 8.42 Å². The topological polar surface area (TPSA) is 50.3 Å². The molecule has 19 heavy (non-hydrogen) atoms. The minimum absolute atomic E-state index is 0.268. The summed E-state index contributed by atoms with van der Waals surface area (Å²) in [6, 6.07) is 1.61. The van der Waals surface area contributed by atoms with Crippen molar-refractivity contribution in [2.75, 3.05) is 13.1 Å². The van der Waals surface area contributed by atoms with E-state index < -0.39 is 10.0 Å². The van der Waals surface area contributed by atoms with Crippen molar-refractivity contribution in [3.05, 3.63) is 22.9 Å². The van der Waals surface area contributed by atoms with Gasteiger partial charge in [0, 0.05) is 30.0 Å². The van der Waals surface area contributed by atoms with E-state index in [2.05, 4.69) is 34.8 Å². The number of nitrogens with zero attached hydrogens (tertiary/aromatic N) is 2. The lowest BCUT2D eigenvalue weighted by Gasteiger charge is -2.33. The van der Waals surface area contributed by atoms with Gasteiger partial charge in [0.1, 0.15) is 4.90 Å². The van der Waals surface area contributed by atoms with E-state index in [4.69, 9.17) is 0 Å². The molecule has 1 saturated heterocycles. The van der Waals surface area contributed by atoms with Crippen molar-refractivity contribution in [1.82, 2.24) is 9.29 Å². The Morgan fingerprint density at radius 1 is 1.32 bits per heavy atom. The molecule has 1 aliphatic rings. The van der Waals surface area contributed by atoms with Crippen LogP contribution in [0.15, 0.2) is 27.8 Å². The first-order valence-corrected chi connectivity index (χ1v) is 8.75. The summed E-state index contributed by atoms with van der Waals surface area (Å²) in [5, 5.41) is 0. The fourth-order valence-electron chi connectivity index (χ4n) is 2.47. The Bertz CT molecular complexity index is 537. The molecule has 1 aliphatic heterocycles. The highest BCUT2D eigenvalue weighted by molar-refractivity contribution is 9.10. The Morgan fingerprint density at radius 3 is 2.47 bits per heavy atom. The maximum absolute atomic E-state index is 12.5. The SMILES string of the molecule is CC(C)C1CCN(S(=O)(=O)c2cncc(Br)c2)CC1. The molecule has 0 aliphatic carbocycles. The van der Waals surface area contributed by atoms with Gasteiger partial charge in [-0.2, -0.15) is 4.31 Å². The summed E-state index contributed by atoms with van der Waals surface area (Å²) in [5.41, 5.74) is 0. The quantitative estimate of drug-likeness (QED) is 0.845. The molecule has 0 saturated carbocycles. The smallest absolute Gasteiger partial charge is 0.244 e. The fraction of sp³-hybridized carbons (Fsp3) is 0.615. The number of hydrogen-bond donors (Lipinski definition) is 0. The van der Waals surface area contributed by atoms with E-state index in [1.807, 2.05) is 0 Å². The second-order valence-corrected chi connectivity index (χ2v) is 8.18. The normalized spacial score (nSPS) is 18.9. The molecule has 2 rings (SSSR count). The highest BCUT2D eigenvalue weighted by atomic mass is 79.9.